The molecule has 1 amide bonds. The number of ether oxygens (including phenoxy) is 3. The maximum atomic E-state index is 13.1. The first-order chi connectivity index (χ1) is 18.0. The number of hydrogen-bond donors (Lipinski definition) is 0. The van der Waals surface area contributed by atoms with Gasteiger partial charge in [-0.3, -0.25) is 9.69 Å². The maximum Gasteiger partial charge on any atom is 0.337 e. The zero-order chi connectivity index (χ0) is 26.2. The lowest BCUT2D eigenvalue weighted by Gasteiger charge is -2.36. The lowest BCUT2D eigenvalue weighted by molar-refractivity contribution is 0.00338. The Balaban J connectivity index is 1.39. The van der Waals surface area contributed by atoms with Gasteiger partial charge in [0.15, 0.2) is 0 Å². The highest BCUT2D eigenvalue weighted by molar-refractivity contribution is 6.30. The van der Waals surface area contributed by atoms with Crippen LogP contribution < -0.4 is 4.74 Å². The molecule has 0 spiro atoms. The van der Waals surface area contributed by atoms with Gasteiger partial charge in [-0.1, -0.05) is 48.0 Å². The van der Waals surface area contributed by atoms with Crippen LogP contribution in [0.4, 0.5) is 0 Å². The largest absolute Gasteiger partial charge is 0.496 e. The van der Waals surface area contributed by atoms with Crippen LogP contribution in [0.3, 0.4) is 0 Å². The standard InChI is InChI=1S/C29H31ClN2O5/c1-35-26-6-4-3-5-25(26)28(33)32-17-15-31(16-18-32)19-27(22-11-13-24(30)14-12-22)37-20-21-7-9-23(10-8-21)29(34)36-2/h3-14,27H,15-20H2,1-2H3. The number of halogens is 1. The van der Waals surface area contributed by atoms with Crippen LogP contribution in [0.15, 0.2) is 72.8 Å². The van der Waals surface area contributed by atoms with E-state index in [2.05, 4.69) is 4.90 Å². The summed E-state index contributed by atoms with van der Waals surface area (Å²) >= 11 is 6.12. The van der Waals surface area contributed by atoms with E-state index in [4.69, 9.17) is 25.8 Å². The second-order valence-electron chi connectivity index (χ2n) is 8.83. The normalized spacial score (nSPS) is 14.7. The second-order valence-corrected chi connectivity index (χ2v) is 9.27. The summed E-state index contributed by atoms with van der Waals surface area (Å²) in [6.07, 6.45) is -0.186. The van der Waals surface area contributed by atoms with Crippen molar-refractivity contribution in [2.45, 2.75) is 12.7 Å². The van der Waals surface area contributed by atoms with E-state index in [0.29, 0.717) is 48.1 Å². The third-order valence-electron chi connectivity index (χ3n) is 6.49. The summed E-state index contributed by atoms with van der Waals surface area (Å²) in [6.45, 7) is 3.79. The van der Waals surface area contributed by atoms with E-state index < -0.39 is 0 Å². The van der Waals surface area contributed by atoms with Gasteiger partial charge in [-0.2, -0.15) is 0 Å². The van der Waals surface area contributed by atoms with Gasteiger partial charge in [0, 0.05) is 37.7 Å². The number of benzene rings is 3. The molecule has 3 aromatic rings. The summed E-state index contributed by atoms with van der Waals surface area (Å²) in [6, 6.07) is 22.2. The predicted octanol–water partition coefficient (Wildman–Crippen LogP) is 4.85. The van der Waals surface area contributed by atoms with Gasteiger partial charge < -0.3 is 19.1 Å². The molecule has 0 N–H and O–H groups in total. The molecular weight excluding hydrogens is 492 g/mol. The summed E-state index contributed by atoms with van der Waals surface area (Å²) < 4.78 is 16.5. The van der Waals surface area contributed by atoms with Crippen molar-refractivity contribution in [3.8, 4) is 5.75 Å². The number of para-hydroxylation sites is 1. The van der Waals surface area contributed by atoms with Crippen molar-refractivity contribution in [1.82, 2.24) is 9.80 Å². The molecule has 4 rings (SSSR count). The van der Waals surface area contributed by atoms with E-state index in [-0.39, 0.29) is 18.0 Å². The van der Waals surface area contributed by atoms with Gasteiger partial charge in [0.1, 0.15) is 5.75 Å². The average molecular weight is 523 g/mol. The molecule has 8 heteroatoms. The molecule has 1 aliphatic heterocycles. The Bertz CT molecular complexity index is 1190. The van der Waals surface area contributed by atoms with Crippen molar-refractivity contribution in [2.75, 3.05) is 46.9 Å². The van der Waals surface area contributed by atoms with E-state index in [1.54, 1.807) is 31.4 Å². The molecule has 1 heterocycles. The van der Waals surface area contributed by atoms with E-state index in [9.17, 15) is 9.59 Å². The summed E-state index contributed by atoms with van der Waals surface area (Å²) in [5.74, 6) is 0.207. The Hall–Kier alpha value is -3.39. The van der Waals surface area contributed by atoms with Crippen LogP contribution in [0.2, 0.25) is 5.02 Å². The first-order valence-corrected chi connectivity index (χ1v) is 12.5. The van der Waals surface area contributed by atoms with Crippen molar-refractivity contribution < 1.29 is 23.8 Å². The Morgan fingerprint density at radius 2 is 1.57 bits per heavy atom. The Labute approximate surface area is 222 Å². The van der Waals surface area contributed by atoms with Gasteiger partial charge in [0.2, 0.25) is 0 Å². The molecule has 0 bridgehead atoms. The molecule has 0 aromatic heterocycles. The first kappa shape index (κ1) is 26.7. The zero-order valence-electron chi connectivity index (χ0n) is 21.1. The molecule has 7 nitrogen and oxygen atoms in total. The maximum absolute atomic E-state index is 13.1. The van der Waals surface area contributed by atoms with E-state index in [0.717, 1.165) is 24.2 Å². The average Bonchev–Trinajstić information content (AvgIpc) is 2.95. The van der Waals surface area contributed by atoms with Crippen molar-refractivity contribution >= 4 is 23.5 Å². The molecule has 194 valence electrons. The lowest BCUT2D eigenvalue weighted by atomic mass is 10.1. The highest BCUT2D eigenvalue weighted by Gasteiger charge is 2.26. The topological polar surface area (TPSA) is 68.3 Å². The van der Waals surface area contributed by atoms with Crippen molar-refractivity contribution in [3.63, 3.8) is 0 Å². The zero-order valence-corrected chi connectivity index (χ0v) is 21.8. The molecule has 3 aromatic carbocycles. The van der Waals surface area contributed by atoms with Gasteiger partial charge >= 0.3 is 5.97 Å². The Kier molecular flexibility index (Phi) is 9.17. The summed E-state index contributed by atoms with van der Waals surface area (Å²) in [7, 11) is 2.94. The fraction of sp³-hybridized carbons (Fsp3) is 0.310. The van der Waals surface area contributed by atoms with Crippen LogP contribution in [0, 0.1) is 0 Å². The van der Waals surface area contributed by atoms with Crippen LogP contribution in [-0.4, -0.2) is 68.6 Å². The van der Waals surface area contributed by atoms with Crippen LogP contribution in [0.25, 0.3) is 0 Å². The Morgan fingerprint density at radius 1 is 0.892 bits per heavy atom. The second kappa shape index (κ2) is 12.7. The predicted molar refractivity (Wildman–Crippen MR) is 142 cm³/mol. The van der Waals surface area contributed by atoms with Crippen LogP contribution in [0.1, 0.15) is 37.9 Å². The number of amides is 1. The minimum absolute atomic E-state index is 0.0157. The lowest BCUT2D eigenvalue weighted by Crippen LogP contribution is -2.49. The minimum atomic E-state index is -0.366. The molecule has 1 saturated heterocycles. The fourth-order valence-corrected chi connectivity index (χ4v) is 4.47. The van der Waals surface area contributed by atoms with Gasteiger partial charge in [0.25, 0.3) is 5.91 Å². The smallest absolute Gasteiger partial charge is 0.337 e. The molecule has 1 atom stereocenters. The SMILES string of the molecule is COC(=O)c1ccc(COC(CN2CCN(C(=O)c3ccccc3OC)CC2)c2ccc(Cl)cc2)cc1. The molecular formula is C29H31ClN2O5. The molecule has 0 aliphatic carbocycles. The Morgan fingerprint density at radius 3 is 2.22 bits per heavy atom. The number of carbonyl (C=O) groups is 2. The molecule has 1 unspecified atom stereocenters. The first-order valence-electron chi connectivity index (χ1n) is 12.2. The number of hydrogen-bond acceptors (Lipinski definition) is 6. The van der Waals surface area contributed by atoms with Gasteiger partial charge in [-0.05, 0) is 47.5 Å². The molecule has 37 heavy (non-hydrogen) atoms. The molecule has 1 fully saturated rings. The molecule has 0 radical (unpaired) electrons. The summed E-state index contributed by atoms with van der Waals surface area (Å²) in [4.78, 5) is 29.0. The van der Waals surface area contributed by atoms with Crippen molar-refractivity contribution in [1.29, 1.82) is 0 Å². The number of nitrogens with zero attached hydrogens (tertiary/aromatic N) is 2. The summed E-state index contributed by atoms with van der Waals surface area (Å²) in [5.41, 5.74) is 3.07. The molecule has 0 saturated carbocycles. The fourth-order valence-electron chi connectivity index (χ4n) is 4.34. The minimum Gasteiger partial charge on any atom is -0.496 e. The van der Waals surface area contributed by atoms with Crippen molar-refractivity contribution in [3.05, 3.63) is 100 Å². The van der Waals surface area contributed by atoms with E-state index >= 15 is 0 Å². The third kappa shape index (κ3) is 6.89. The number of methoxy groups -OCH3 is 2. The third-order valence-corrected chi connectivity index (χ3v) is 6.74. The highest BCUT2D eigenvalue weighted by Crippen LogP contribution is 2.25. The van der Waals surface area contributed by atoms with Crippen LogP contribution in [-0.2, 0) is 16.1 Å². The van der Waals surface area contributed by atoms with Gasteiger partial charge in [-0.25, -0.2) is 4.79 Å². The van der Waals surface area contributed by atoms with E-state index in [1.165, 1.54) is 7.11 Å². The monoisotopic (exact) mass is 522 g/mol. The molecule has 1 aliphatic rings. The quantitative estimate of drug-likeness (QED) is 0.374. The van der Waals surface area contributed by atoms with Crippen LogP contribution in [0.5, 0.6) is 5.75 Å². The number of esters is 1. The van der Waals surface area contributed by atoms with Gasteiger partial charge in [0.05, 0.1) is 38.1 Å². The van der Waals surface area contributed by atoms with Crippen molar-refractivity contribution in [2.24, 2.45) is 0 Å². The summed E-state index contributed by atoms with van der Waals surface area (Å²) in [5, 5.41) is 0.671. The number of piperazine rings is 1. The van der Waals surface area contributed by atoms with E-state index in [1.807, 2.05) is 53.4 Å². The van der Waals surface area contributed by atoms with Crippen LogP contribution >= 0.6 is 11.6 Å². The number of rotatable bonds is 9. The highest BCUT2D eigenvalue weighted by atomic mass is 35.5. The van der Waals surface area contributed by atoms with Gasteiger partial charge in [-0.15, -0.1) is 0 Å². The number of carbonyl (C=O) groups excluding carboxylic acids is 2.